The normalized spacial score (nSPS) is 56.9. The van der Waals surface area contributed by atoms with Gasteiger partial charge in [0.05, 0.1) is 18.8 Å². The summed E-state index contributed by atoms with van der Waals surface area (Å²) in [7, 11) is 0. The molecule has 0 aromatic carbocycles. The van der Waals surface area contributed by atoms with Gasteiger partial charge in [-0.2, -0.15) is 0 Å². The van der Waals surface area contributed by atoms with E-state index in [4.69, 9.17) is 0 Å². The van der Waals surface area contributed by atoms with Crippen LogP contribution in [-0.2, 0) is 0 Å². The van der Waals surface area contributed by atoms with Crippen LogP contribution in [0.2, 0.25) is 0 Å². The minimum Gasteiger partial charge on any atom is -0.395 e. The van der Waals surface area contributed by atoms with E-state index in [9.17, 15) is 15.3 Å². The summed E-state index contributed by atoms with van der Waals surface area (Å²) in [5, 5.41) is 31.6. The number of hydrogen-bond donors (Lipinski definition) is 3. The van der Waals surface area contributed by atoms with E-state index in [0.29, 0.717) is 23.7 Å². The number of allylic oxidation sites excluding steroid dienone is 1. The van der Waals surface area contributed by atoms with Gasteiger partial charge >= 0.3 is 0 Å². The predicted molar refractivity (Wildman–Crippen MR) is 94.2 cm³/mol. The highest BCUT2D eigenvalue weighted by Gasteiger charge is 2.62. The quantitative estimate of drug-likeness (QED) is 0.646. The second kappa shape index (κ2) is 5.56. The van der Waals surface area contributed by atoms with Crippen LogP contribution in [0.4, 0.5) is 0 Å². The third-order valence-corrected chi connectivity index (χ3v) is 9.00. The number of hydrogen-bond acceptors (Lipinski definition) is 3. The van der Waals surface area contributed by atoms with Crippen LogP contribution in [0.15, 0.2) is 11.6 Å². The highest BCUT2D eigenvalue weighted by atomic mass is 16.3. The molecule has 3 saturated carbocycles. The van der Waals surface area contributed by atoms with Crippen molar-refractivity contribution in [1.29, 1.82) is 0 Å². The number of aliphatic hydroxyl groups excluding tert-OH is 3. The molecule has 3 heteroatoms. The molecular weight excluding hydrogens is 300 g/mol. The van der Waals surface area contributed by atoms with Crippen LogP contribution >= 0.6 is 0 Å². The molecule has 0 aliphatic heterocycles. The van der Waals surface area contributed by atoms with Gasteiger partial charge in [-0.05, 0) is 67.6 Å². The fourth-order valence-corrected chi connectivity index (χ4v) is 7.50. The van der Waals surface area contributed by atoms with Crippen molar-refractivity contribution < 1.29 is 15.3 Å². The highest BCUT2D eigenvalue weighted by molar-refractivity contribution is 5.30. The summed E-state index contributed by atoms with van der Waals surface area (Å²) in [6.07, 6.45) is 8.09. The van der Waals surface area contributed by atoms with Gasteiger partial charge in [-0.3, -0.25) is 0 Å². The van der Waals surface area contributed by atoms with Crippen molar-refractivity contribution in [2.24, 2.45) is 40.4 Å². The van der Waals surface area contributed by atoms with Gasteiger partial charge in [-0.25, -0.2) is 0 Å². The average Bonchev–Trinajstić information content (AvgIpc) is 2.87. The van der Waals surface area contributed by atoms with E-state index in [-0.39, 0.29) is 35.6 Å². The van der Waals surface area contributed by atoms with Gasteiger partial charge in [0.1, 0.15) is 0 Å². The Morgan fingerprint density at radius 1 is 1.12 bits per heavy atom. The molecule has 136 valence electrons. The van der Waals surface area contributed by atoms with Crippen LogP contribution in [0.25, 0.3) is 0 Å². The fraction of sp³-hybridized carbons (Fsp3) is 0.905. The van der Waals surface area contributed by atoms with E-state index in [1.807, 2.05) is 0 Å². The van der Waals surface area contributed by atoms with Gasteiger partial charge in [0.2, 0.25) is 0 Å². The van der Waals surface area contributed by atoms with Crippen LogP contribution in [-0.4, -0.2) is 34.1 Å². The summed E-state index contributed by atoms with van der Waals surface area (Å²) in [4.78, 5) is 0. The second-order valence-electron chi connectivity index (χ2n) is 9.60. The summed E-state index contributed by atoms with van der Waals surface area (Å²) in [6, 6.07) is 0. The summed E-state index contributed by atoms with van der Waals surface area (Å²) in [5.41, 5.74) is 1.27. The van der Waals surface area contributed by atoms with E-state index in [1.54, 1.807) is 0 Å². The van der Waals surface area contributed by atoms with Gasteiger partial charge < -0.3 is 15.3 Å². The molecular formula is C21H34O3. The van der Waals surface area contributed by atoms with Crippen LogP contribution in [0.3, 0.4) is 0 Å². The maximum absolute atomic E-state index is 10.6. The van der Waals surface area contributed by atoms with E-state index in [1.165, 1.54) is 5.57 Å². The molecule has 4 rings (SSSR count). The molecule has 0 heterocycles. The summed E-state index contributed by atoms with van der Waals surface area (Å²) < 4.78 is 0. The van der Waals surface area contributed by atoms with Crippen LogP contribution in [0.5, 0.6) is 0 Å². The number of rotatable bonds is 1. The van der Waals surface area contributed by atoms with Crippen LogP contribution < -0.4 is 0 Å². The zero-order chi connectivity index (χ0) is 17.3. The maximum Gasteiger partial charge on any atom is 0.0605 e. The van der Waals surface area contributed by atoms with Crippen LogP contribution in [0.1, 0.15) is 59.3 Å². The zero-order valence-corrected chi connectivity index (χ0v) is 15.4. The Balaban J connectivity index is 1.77. The first kappa shape index (κ1) is 17.1. The molecule has 0 bridgehead atoms. The van der Waals surface area contributed by atoms with Crippen molar-refractivity contribution in [3.05, 3.63) is 11.6 Å². The van der Waals surface area contributed by atoms with Crippen molar-refractivity contribution >= 4 is 0 Å². The summed E-state index contributed by atoms with van der Waals surface area (Å²) >= 11 is 0. The Labute approximate surface area is 146 Å². The van der Waals surface area contributed by atoms with Crippen LogP contribution in [0, 0.1) is 40.4 Å². The summed E-state index contributed by atoms with van der Waals surface area (Å²) in [6.45, 7) is 6.88. The lowest BCUT2D eigenvalue weighted by Gasteiger charge is -2.61. The lowest BCUT2D eigenvalue weighted by Crippen LogP contribution is -2.58. The van der Waals surface area contributed by atoms with Gasteiger partial charge in [-0.1, -0.05) is 32.4 Å². The van der Waals surface area contributed by atoms with Gasteiger partial charge in [-0.15, -0.1) is 0 Å². The third kappa shape index (κ3) is 1.95. The molecule has 0 unspecified atom stereocenters. The van der Waals surface area contributed by atoms with Crippen molar-refractivity contribution in [3.63, 3.8) is 0 Å². The standard InChI is InChI=1S/C21H34O3/c1-12-10-18(23)13(2)15-5-4-14-16-6-7-19(24)20(16,3)9-8-17(14)21(12,15)11-22/h5,12-14,16-19,22-24H,4,6-11H2,1-3H3/t12-,13-,14-,16-,17-,18-,19-,20-,21-/m0/s1. The van der Waals surface area contributed by atoms with Crippen molar-refractivity contribution in [3.8, 4) is 0 Å². The molecule has 4 aliphatic carbocycles. The number of aliphatic hydroxyl groups is 3. The van der Waals surface area contributed by atoms with E-state index < -0.39 is 0 Å². The predicted octanol–water partition coefficient (Wildman–Crippen LogP) is 3.14. The molecule has 24 heavy (non-hydrogen) atoms. The Hall–Kier alpha value is -0.380. The lowest BCUT2D eigenvalue weighted by molar-refractivity contribution is -0.115. The molecule has 0 aromatic heterocycles. The molecule has 0 aromatic rings. The molecule has 3 nitrogen and oxygen atoms in total. The SMILES string of the molecule is C[C@H]1C2=CC[C@H]3[C@@H]4CC[C@H](O)[C@@]4(C)CC[C@@H]3[C@@]2(CO)[C@@H](C)C[C@@H]1O. The fourth-order valence-electron chi connectivity index (χ4n) is 7.50. The highest BCUT2D eigenvalue weighted by Crippen LogP contribution is 2.66. The Bertz CT molecular complexity index is 543. The summed E-state index contributed by atoms with van der Waals surface area (Å²) in [5.74, 6) is 2.17. The Kier molecular flexibility index (Phi) is 3.95. The monoisotopic (exact) mass is 334 g/mol. The first-order valence-corrected chi connectivity index (χ1v) is 10.0. The Morgan fingerprint density at radius 2 is 1.88 bits per heavy atom. The molecule has 9 atom stereocenters. The third-order valence-electron chi connectivity index (χ3n) is 9.00. The molecule has 0 saturated heterocycles. The average molecular weight is 335 g/mol. The van der Waals surface area contributed by atoms with E-state index in [2.05, 4.69) is 26.8 Å². The van der Waals surface area contributed by atoms with Crippen molar-refractivity contribution in [2.45, 2.75) is 71.5 Å². The second-order valence-corrected chi connectivity index (χ2v) is 9.60. The molecule has 3 fully saturated rings. The van der Waals surface area contributed by atoms with Crippen molar-refractivity contribution in [2.75, 3.05) is 6.61 Å². The van der Waals surface area contributed by atoms with Crippen molar-refractivity contribution in [1.82, 2.24) is 0 Å². The largest absolute Gasteiger partial charge is 0.395 e. The minimum atomic E-state index is -0.273. The number of fused-ring (bicyclic) bond motifs is 5. The van der Waals surface area contributed by atoms with Gasteiger partial charge in [0.25, 0.3) is 0 Å². The minimum absolute atomic E-state index is 0.0756. The first-order chi connectivity index (χ1) is 11.4. The zero-order valence-electron chi connectivity index (χ0n) is 15.4. The Morgan fingerprint density at radius 3 is 2.58 bits per heavy atom. The molecule has 0 radical (unpaired) electrons. The lowest BCUT2D eigenvalue weighted by atomic mass is 9.44. The van der Waals surface area contributed by atoms with Gasteiger partial charge in [0.15, 0.2) is 0 Å². The molecule has 0 spiro atoms. The molecule has 0 amide bonds. The first-order valence-electron chi connectivity index (χ1n) is 10.0. The molecule has 3 N–H and O–H groups in total. The van der Waals surface area contributed by atoms with E-state index in [0.717, 1.165) is 38.5 Å². The maximum atomic E-state index is 10.6. The topological polar surface area (TPSA) is 60.7 Å². The van der Waals surface area contributed by atoms with E-state index >= 15 is 0 Å². The smallest absolute Gasteiger partial charge is 0.0605 e. The van der Waals surface area contributed by atoms with Gasteiger partial charge in [0, 0.05) is 11.3 Å². The molecule has 4 aliphatic rings.